The third kappa shape index (κ3) is 1.40. The molecule has 2 rings (SSSR count). The Hall–Kier alpha value is -1.35. The molecule has 14 heavy (non-hydrogen) atoms. The molecule has 0 spiro atoms. The highest BCUT2D eigenvalue weighted by Gasteiger charge is 2.07. The zero-order valence-corrected chi connectivity index (χ0v) is 8.40. The lowest BCUT2D eigenvalue weighted by Crippen LogP contribution is -2.09. The predicted molar refractivity (Wildman–Crippen MR) is 58.2 cm³/mol. The van der Waals surface area contributed by atoms with Gasteiger partial charge in [0.15, 0.2) is 0 Å². The van der Waals surface area contributed by atoms with Crippen LogP contribution >= 0.6 is 0 Å². The zero-order chi connectivity index (χ0) is 9.97. The van der Waals surface area contributed by atoms with Crippen LogP contribution in [0.25, 0.3) is 10.9 Å². The van der Waals surface area contributed by atoms with Gasteiger partial charge in [0.1, 0.15) is 0 Å². The number of aryl methyl sites for hydroxylation is 1. The van der Waals surface area contributed by atoms with Gasteiger partial charge in [0.05, 0.1) is 5.52 Å². The SMILES string of the molecule is CCn1nc2ccccc2c1CCN. The smallest absolute Gasteiger partial charge is 0.0926 e. The maximum Gasteiger partial charge on any atom is 0.0926 e. The van der Waals surface area contributed by atoms with Crippen molar-refractivity contribution in [2.75, 3.05) is 6.54 Å². The van der Waals surface area contributed by atoms with Crippen LogP contribution in [0.15, 0.2) is 24.3 Å². The van der Waals surface area contributed by atoms with Gasteiger partial charge >= 0.3 is 0 Å². The van der Waals surface area contributed by atoms with E-state index in [-0.39, 0.29) is 0 Å². The number of nitrogens with zero attached hydrogens (tertiary/aromatic N) is 2. The monoisotopic (exact) mass is 189 g/mol. The molecule has 1 heterocycles. The minimum Gasteiger partial charge on any atom is -0.330 e. The third-order valence-corrected chi connectivity index (χ3v) is 2.44. The van der Waals surface area contributed by atoms with Crippen molar-refractivity contribution in [2.24, 2.45) is 5.73 Å². The first-order valence-corrected chi connectivity index (χ1v) is 5.01. The van der Waals surface area contributed by atoms with E-state index in [1.807, 2.05) is 22.9 Å². The lowest BCUT2D eigenvalue weighted by Gasteiger charge is -2.02. The predicted octanol–water partition coefficient (Wildman–Crippen LogP) is 1.56. The van der Waals surface area contributed by atoms with E-state index in [1.54, 1.807) is 0 Å². The van der Waals surface area contributed by atoms with E-state index in [1.165, 1.54) is 11.1 Å². The largest absolute Gasteiger partial charge is 0.330 e. The normalized spacial score (nSPS) is 11.0. The summed E-state index contributed by atoms with van der Waals surface area (Å²) in [4.78, 5) is 0. The minimum absolute atomic E-state index is 0.676. The van der Waals surface area contributed by atoms with Crippen molar-refractivity contribution in [3.63, 3.8) is 0 Å². The summed E-state index contributed by atoms with van der Waals surface area (Å²) in [5, 5.41) is 5.75. The summed E-state index contributed by atoms with van der Waals surface area (Å²) in [7, 11) is 0. The highest BCUT2D eigenvalue weighted by atomic mass is 15.3. The number of nitrogens with two attached hydrogens (primary N) is 1. The summed E-state index contributed by atoms with van der Waals surface area (Å²) in [6.45, 7) is 3.69. The van der Waals surface area contributed by atoms with Crippen LogP contribution < -0.4 is 5.73 Å². The molecule has 1 aromatic heterocycles. The van der Waals surface area contributed by atoms with Gasteiger partial charge < -0.3 is 5.73 Å². The molecule has 2 aromatic rings. The van der Waals surface area contributed by atoms with Gasteiger partial charge in [-0.2, -0.15) is 5.10 Å². The second kappa shape index (κ2) is 3.80. The maximum absolute atomic E-state index is 5.59. The fourth-order valence-electron chi connectivity index (χ4n) is 1.80. The van der Waals surface area contributed by atoms with Crippen LogP contribution in [0.3, 0.4) is 0 Å². The molecule has 0 fully saturated rings. The summed E-state index contributed by atoms with van der Waals surface area (Å²) in [5.74, 6) is 0. The quantitative estimate of drug-likeness (QED) is 0.796. The number of rotatable bonds is 3. The van der Waals surface area contributed by atoms with Gasteiger partial charge in [-0.05, 0) is 19.5 Å². The molecule has 1 aromatic carbocycles. The fourth-order valence-corrected chi connectivity index (χ4v) is 1.80. The van der Waals surface area contributed by atoms with Gasteiger partial charge in [0, 0.05) is 24.0 Å². The number of hydrogen-bond acceptors (Lipinski definition) is 2. The standard InChI is InChI=1S/C11H15N3/c1-2-14-11(7-8-12)9-5-3-4-6-10(9)13-14/h3-6H,2,7-8,12H2,1H3. The van der Waals surface area contributed by atoms with Crippen LogP contribution in [0.4, 0.5) is 0 Å². The number of fused-ring (bicyclic) bond motifs is 1. The summed E-state index contributed by atoms with van der Waals surface area (Å²) < 4.78 is 2.04. The average Bonchev–Trinajstić information content (AvgIpc) is 2.58. The van der Waals surface area contributed by atoms with Crippen LogP contribution in [0.1, 0.15) is 12.6 Å². The van der Waals surface area contributed by atoms with Gasteiger partial charge in [0.25, 0.3) is 0 Å². The van der Waals surface area contributed by atoms with Crippen molar-refractivity contribution in [1.82, 2.24) is 9.78 Å². The molecule has 0 bridgehead atoms. The van der Waals surface area contributed by atoms with Crippen molar-refractivity contribution in [3.8, 4) is 0 Å². The molecular weight excluding hydrogens is 174 g/mol. The molecule has 0 radical (unpaired) electrons. The summed E-state index contributed by atoms with van der Waals surface area (Å²) in [6, 6.07) is 8.21. The molecule has 0 atom stereocenters. The summed E-state index contributed by atoms with van der Waals surface area (Å²) in [5.41, 5.74) is 7.92. The lowest BCUT2D eigenvalue weighted by atomic mass is 10.1. The zero-order valence-electron chi connectivity index (χ0n) is 8.40. The second-order valence-electron chi connectivity index (χ2n) is 3.32. The molecule has 0 aliphatic heterocycles. The highest BCUT2D eigenvalue weighted by molar-refractivity contribution is 5.81. The van der Waals surface area contributed by atoms with E-state index in [4.69, 9.17) is 5.73 Å². The van der Waals surface area contributed by atoms with Crippen molar-refractivity contribution in [1.29, 1.82) is 0 Å². The molecule has 0 unspecified atom stereocenters. The Bertz CT molecular complexity index is 431. The van der Waals surface area contributed by atoms with Crippen molar-refractivity contribution in [2.45, 2.75) is 19.9 Å². The van der Waals surface area contributed by atoms with E-state index < -0.39 is 0 Å². The Kier molecular flexibility index (Phi) is 2.50. The lowest BCUT2D eigenvalue weighted by molar-refractivity contribution is 0.628. The molecule has 0 aliphatic rings. The number of hydrogen-bond donors (Lipinski definition) is 1. The molecule has 3 heteroatoms. The first-order valence-electron chi connectivity index (χ1n) is 5.01. The van der Waals surface area contributed by atoms with E-state index in [0.29, 0.717) is 6.54 Å². The van der Waals surface area contributed by atoms with E-state index in [0.717, 1.165) is 18.5 Å². The molecule has 74 valence electrons. The van der Waals surface area contributed by atoms with Crippen molar-refractivity contribution >= 4 is 10.9 Å². The minimum atomic E-state index is 0.676. The summed E-state index contributed by atoms with van der Waals surface area (Å²) >= 11 is 0. The van der Waals surface area contributed by atoms with Gasteiger partial charge in [-0.15, -0.1) is 0 Å². The van der Waals surface area contributed by atoms with Crippen LogP contribution in [0, 0.1) is 0 Å². The van der Waals surface area contributed by atoms with Gasteiger partial charge in [0.2, 0.25) is 0 Å². The highest BCUT2D eigenvalue weighted by Crippen LogP contribution is 2.18. The molecule has 3 nitrogen and oxygen atoms in total. The number of benzene rings is 1. The molecule has 0 saturated carbocycles. The van der Waals surface area contributed by atoms with Crippen molar-refractivity contribution in [3.05, 3.63) is 30.0 Å². The van der Waals surface area contributed by atoms with Crippen molar-refractivity contribution < 1.29 is 0 Å². The van der Waals surface area contributed by atoms with E-state index in [2.05, 4.69) is 18.1 Å². The molecule has 0 aliphatic carbocycles. The summed E-state index contributed by atoms with van der Waals surface area (Å²) in [6.07, 6.45) is 0.897. The number of aromatic nitrogens is 2. The Morgan fingerprint density at radius 3 is 2.86 bits per heavy atom. The fraction of sp³-hybridized carbons (Fsp3) is 0.364. The molecule has 2 N–H and O–H groups in total. The van der Waals surface area contributed by atoms with Crippen LogP contribution in [-0.2, 0) is 13.0 Å². The third-order valence-electron chi connectivity index (χ3n) is 2.44. The molecular formula is C11H15N3. The molecule has 0 amide bonds. The van der Waals surface area contributed by atoms with Gasteiger partial charge in [-0.25, -0.2) is 0 Å². The van der Waals surface area contributed by atoms with Gasteiger partial charge in [-0.3, -0.25) is 4.68 Å². The van der Waals surface area contributed by atoms with Gasteiger partial charge in [-0.1, -0.05) is 18.2 Å². The van der Waals surface area contributed by atoms with Crippen LogP contribution in [0.2, 0.25) is 0 Å². The Morgan fingerprint density at radius 2 is 2.14 bits per heavy atom. The Labute approximate surface area is 83.5 Å². The first kappa shape index (κ1) is 9.21. The van der Waals surface area contributed by atoms with E-state index in [9.17, 15) is 0 Å². The van der Waals surface area contributed by atoms with Crippen LogP contribution in [-0.4, -0.2) is 16.3 Å². The Morgan fingerprint density at radius 1 is 1.36 bits per heavy atom. The molecule has 0 saturated heterocycles. The maximum atomic E-state index is 5.59. The average molecular weight is 189 g/mol. The van der Waals surface area contributed by atoms with E-state index >= 15 is 0 Å². The van der Waals surface area contributed by atoms with Crippen LogP contribution in [0.5, 0.6) is 0 Å². The Balaban J connectivity index is 2.61. The first-order chi connectivity index (χ1) is 6.86. The second-order valence-corrected chi connectivity index (χ2v) is 3.32. The topological polar surface area (TPSA) is 43.8 Å².